The summed E-state index contributed by atoms with van der Waals surface area (Å²) in [4.78, 5) is 14.0. The second kappa shape index (κ2) is 7.55. The topological polar surface area (TPSA) is 46.1 Å². The van der Waals surface area contributed by atoms with Crippen molar-refractivity contribution in [2.24, 2.45) is 0 Å². The Labute approximate surface area is 139 Å². The maximum absolute atomic E-state index is 12.9. The van der Waals surface area contributed by atoms with Gasteiger partial charge in [0.2, 0.25) is 5.91 Å². The predicted molar refractivity (Wildman–Crippen MR) is 88.6 cm³/mol. The van der Waals surface area contributed by atoms with Crippen LogP contribution in [0.4, 0.5) is 4.39 Å². The lowest BCUT2D eigenvalue weighted by Crippen LogP contribution is -2.36. The fourth-order valence-electron chi connectivity index (χ4n) is 2.54. The van der Waals surface area contributed by atoms with Crippen molar-refractivity contribution < 1.29 is 9.18 Å². The molecule has 0 spiro atoms. The van der Waals surface area contributed by atoms with E-state index in [1.165, 1.54) is 30.3 Å². The maximum Gasteiger partial charge on any atom is 0.232 e. The average molecular weight is 331 g/mol. The summed E-state index contributed by atoms with van der Waals surface area (Å²) in [5.41, 5.74) is 1.51. The zero-order chi connectivity index (χ0) is 16.1. The van der Waals surface area contributed by atoms with Crippen LogP contribution in [0, 0.1) is 5.82 Å². The molecular formula is C17H18FN3OS. The van der Waals surface area contributed by atoms with Gasteiger partial charge in [0.1, 0.15) is 10.8 Å². The van der Waals surface area contributed by atoms with Gasteiger partial charge >= 0.3 is 0 Å². The van der Waals surface area contributed by atoms with E-state index in [9.17, 15) is 9.18 Å². The molecule has 1 aliphatic heterocycles. The SMILES string of the molecule is O=C(CSc1ccc(-c2ccc(F)cc2)nn1)N1CCCCC1. The van der Waals surface area contributed by atoms with Crippen LogP contribution < -0.4 is 0 Å². The average Bonchev–Trinajstić information content (AvgIpc) is 2.61. The number of rotatable bonds is 4. The zero-order valence-electron chi connectivity index (χ0n) is 12.7. The molecule has 0 N–H and O–H groups in total. The van der Waals surface area contributed by atoms with Gasteiger partial charge in [-0.05, 0) is 55.7 Å². The second-order valence-corrected chi connectivity index (χ2v) is 6.49. The third-order valence-electron chi connectivity index (χ3n) is 3.83. The van der Waals surface area contributed by atoms with Crippen LogP contribution in [0.15, 0.2) is 41.4 Å². The number of likely N-dealkylation sites (tertiary alicyclic amines) is 1. The fraction of sp³-hybridized carbons (Fsp3) is 0.353. The number of halogens is 1. The number of thioether (sulfide) groups is 1. The van der Waals surface area contributed by atoms with Crippen LogP contribution in [0.5, 0.6) is 0 Å². The summed E-state index contributed by atoms with van der Waals surface area (Å²) in [6.07, 6.45) is 3.42. The molecule has 1 fully saturated rings. The highest BCUT2D eigenvalue weighted by molar-refractivity contribution is 7.99. The van der Waals surface area contributed by atoms with E-state index < -0.39 is 0 Å². The molecular weight excluding hydrogens is 313 g/mol. The van der Waals surface area contributed by atoms with Gasteiger partial charge < -0.3 is 4.90 Å². The molecule has 120 valence electrons. The number of nitrogens with zero attached hydrogens (tertiary/aromatic N) is 3. The molecule has 1 aromatic heterocycles. The van der Waals surface area contributed by atoms with Gasteiger partial charge in [-0.3, -0.25) is 4.79 Å². The molecule has 0 atom stereocenters. The number of hydrogen-bond donors (Lipinski definition) is 0. The summed E-state index contributed by atoms with van der Waals surface area (Å²) in [5, 5.41) is 9.02. The summed E-state index contributed by atoms with van der Waals surface area (Å²) < 4.78 is 12.9. The van der Waals surface area contributed by atoms with Gasteiger partial charge in [0.15, 0.2) is 0 Å². The molecule has 1 aromatic carbocycles. The standard InChI is InChI=1S/C17H18FN3OS/c18-14-6-4-13(5-7-14)15-8-9-16(20-19-15)23-12-17(22)21-10-2-1-3-11-21/h4-9H,1-3,10-12H2. The predicted octanol–water partition coefficient (Wildman–Crippen LogP) is 3.39. The molecule has 23 heavy (non-hydrogen) atoms. The zero-order valence-corrected chi connectivity index (χ0v) is 13.6. The Kier molecular flexibility index (Phi) is 5.23. The summed E-state index contributed by atoms with van der Waals surface area (Å²) in [6, 6.07) is 9.83. The highest BCUT2D eigenvalue weighted by Crippen LogP contribution is 2.21. The number of piperidine rings is 1. The molecule has 1 saturated heterocycles. The molecule has 0 saturated carbocycles. The first-order chi connectivity index (χ1) is 11.2. The Morgan fingerprint density at radius 3 is 2.43 bits per heavy atom. The first kappa shape index (κ1) is 15.9. The Morgan fingerprint density at radius 1 is 1.04 bits per heavy atom. The van der Waals surface area contributed by atoms with Gasteiger partial charge in [-0.25, -0.2) is 4.39 Å². The van der Waals surface area contributed by atoms with Crippen molar-refractivity contribution in [1.29, 1.82) is 0 Å². The van der Waals surface area contributed by atoms with Crippen LogP contribution in [-0.2, 0) is 4.79 Å². The molecule has 6 heteroatoms. The Morgan fingerprint density at radius 2 is 1.78 bits per heavy atom. The van der Waals surface area contributed by atoms with Crippen LogP contribution in [-0.4, -0.2) is 39.8 Å². The van der Waals surface area contributed by atoms with Crippen molar-refractivity contribution >= 4 is 17.7 Å². The lowest BCUT2D eigenvalue weighted by Gasteiger charge is -2.26. The van der Waals surface area contributed by atoms with Crippen molar-refractivity contribution in [3.8, 4) is 11.3 Å². The largest absolute Gasteiger partial charge is 0.342 e. The van der Waals surface area contributed by atoms with E-state index in [2.05, 4.69) is 10.2 Å². The molecule has 0 bridgehead atoms. The monoisotopic (exact) mass is 331 g/mol. The van der Waals surface area contributed by atoms with E-state index >= 15 is 0 Å². The van der Waals surface area contributed by atoms with Crippen LogP contribution in [0.3, 0.4) is 0 Å². The lowest BCUT2D eigenvalue weighted by atomic mass is 10.1. The van der Waals surface area contributed by atoms with Crippen LogP contribution in [0.25, 0.3) is 11.3 Å². The first-order valence-electron chi connectivity index (χ1n) is 7.72. The number of carbonyl (C=O) groups excluding carboxylic acids is 1. The quantitative estimate of drug-likeness (QED) is 0.806. The summed E-state index contributed by atoms with van der Waals surface area (Å²) in [6.45, 7) is 1.74. The van der Waals surface area contributed by atoms with Crippen molar-refractivity contribution in [1.82, 2.24) is 15.1 Å². The minimum Gasteiger partial charge on any atom is -0.342 e. The molecule has 0 aliphatic carbocycles. The lowest BCUT2D eigenvalue weighted by molar-refractivity contribution is -0.129. The first-order valence-corrected chi connectivity index (χ1v) is 8.71. The molecule has 0 radical (unpaired) electrons. The minimum absolute atomic E-state index is 0.166. The van der Waals surface area contributed by atoms with Crippen LogP contribution in [0.1, 0.15) is 19.3 Å². The van der Waals surface area contributed by atoms with Crippen molar-refractivity contribution in [2.75, 3.05) is 18.8 Å². The molecule has 0 unspecified atom stereocenters. The van der Waals surface area contributed by atoms with Crippen molar-refractivity contribution in [2.45, 2.75) is 24.3 Å². The van der Waals surface area contributed by atoms with Gasteiger partial charge in [-0.2, -0.15) is 0 Å². The normalized spacial score (nSPS) is 14.7. The molecule has 3 rings (SSSR count). The highest BCUT2D eigenvalue weighted by Gasteiger charge is 2.16. The number of aromatic nitrogens is 2. The van der Waals surface area contributed by atoms with Gasteiger partial charge in [-0.1, -0.05) is 11.8 Å². The molecule has 2 heterocycles. The molecule has 1 aliphatic rings. The van der Waals surface area contributed by atoms with E-state index in [0.717, 1.165) is 36.5 Å². The fourth-order valence-corrected chi connectivity index (χ4v) is 3.26. The Balaban J connectivity index is 1.57. The van der Waals surface area contributed by atoms with Crippen LogP contribution >= 0.6 is 11.8 Å². The highest BCUT2D eigenvalue weighted by atomic mass is 32.2. The molecule has 2 aromatic rings. The van der Waals surface area contributed by atoms with Gasteiger partial charge in [0, 0.05) is 18.7 Å². The maximum atomic E-state index is 12.9. The van der Waals surface area contributed by atoms with E-state index in [1.807, 2.05) is 17.0 Å². The number of amides is 1. The molecule has 4 nitrogen and oxygen atoms in total. The van der Waals surface area contributed by atoms with Crippen molar-refractivity contribution in [3.63, 3.8) is 0 Å². The smallest absolute Gasteiger partial charge is 0.232 e. The summed E-state index contributed by atoms with van der Waals surface area (Å²) in [5.74, 6) is 0.286. The number of hydrogen-bond acceptors (Lipinski definition) is 4. The van der Waals surface area contributed by atoms with E-state index in [4.69, 9.17) is 0 Å². The number of benzene rings is 1. The molecule has 1 amide bonds. The Bertz CT molecular complexity index is 655. The van der Waals surface area contributed by atoms with Gasteiger partial charge in [-0.15, -0.1) is 10.2 Å². The van der Waals surface area contributed by atoms with Crippen molar-refractivity contribution in [3.05, 3.63) is 42.2 Å². The third kappa shape index (κ3) is 4.28. The summed E-state index contributed by atoms with van der Waals surface area (Å²) >= 11 is 1.40. The van der Waals surface area contributed by atoms with Gasteiger partial charge in [0.05, 0.1) is 11.4 Å². The number of carbonyl (C=O) groups is 1. The second-order valence-electron chi connectivity index (χ2n) is 5.49. The summed E-state index contributed by atoms with van der Waals surface area (Å²) in [7, 11) is 0. The van der Waals surface area contributed by atoms with E-state index in [0.29, 0.717) is 11.4 Å². The van der Waals surface area contributed by atoms with E-state index in [-0.39, 0.29) is 11.7 Å². The van der Waals surface area contributed by atoms with Gasteiger partial charge in [0.25, 0.3) is 0 Å². The third-order valence-corrected chi connectivity index (χ3v) is 4.74. The van der Waals surface area contributed by atoms with E-state index in [1.54, 1.807) is 12.1 Å². The minimum atomic E-state index is -0.273. The van der Waals surface area contributed by atoms with Crippen LogP contribution in [0.2, 0.25) is 0 Å². The Hall–Kier alpha value is -1.95.